The van der Waals surface area contributed by atoms with Crippen LogP contribution in [0.4, 0.5) is 26.0 Å². The highest BCUT2D eigenvalue weighted by Crippen LogP contribution is 2.31. The lowest BCUT2D eigenvalue weighted by molar-refractivity contribution is 0.102. The van der Waals surface area contributed by atoms with Crippen LogP contribution in [0.3, 0.4) is 0 Å². The maximum Gasteiger partial charge on any atom is 0.258 e. The first kappa shape index (κ1) is 28.8. The third-order valence-electron chi connectivity index (χ3n) is 7.85. The summed E-state index contributed by atoms with van der Waals surface area (Å²) in [7, 11) is -2.11. The van der Waals surface area contributed by atoms with Gasteiger partial charge >= 0.3 is 0 Å². The lowest BCUT2D eigenvalue weighted by atomic mass is 10.1. The van der Waals surface area contributed by atoms with Crippen LogP contribution in [0.15, 0.2) is 59.6 Å². The van der Waals surface area contributed by atoms with Gasteiger partial charge in [0.05, 0.1) is 17.0 Å². The molecular weight excluding hydrogens is 578 g/mol. The van der Waals surface area contributed by atoms with Crippen molar-refractivity contribution in [3.63, 3.8) is 0 Å². The number of hydrogen-bond donors (Lipinski definition) is 4. The Hall–Kier alpha value is -4.27. The van der Waals surface area contributed by atoms with Gasteiger partial charge in [-0.15, -0.1) is 0 Å². The number of hydrogen-bond acceptors (Lipinski definition) is 7. The topological polar surface area (TPSA) is 129 Å². The minimum atomic E-state index is -4.20. The third-order valence-corrected chi connectivity index (χ3v) is 9.68. The number of aromatic nitrogens is 3. The summed E-state index contributed by atoms with van der Waals surface area (Å²) in [6.07, 6.45) is 2.12. The zero-order valence-corrected chi connectivity index (χ0v) is 24.3. The zero-order valence-electron chi connectivity index (χ0n) is 23.5. The van der Waals surface area contributed by atoms with Gasteiger partial charge in [-0.25, -0.2) is 17.2 Å². The summed E-state index contributed by atoms with van der Waals surface area (Å²) in [5, 5.41) is 13.4. The van der Waals surface area contributed by atoms with Gasteiger partial charge in [0, 0.05) is 86.3 Å². The second-order valence-corrected chi connectivity index (χ2v) is 12.7. The van der Waals surface area contributed by atoms with Crippen molar-refractivity contribution in [3.8, 4) is 0 Å². The summed E-state index contributed by atoms with van der Waals surface area (Å²) in [5.74, 6) is -2.18. The van der Waals surface area contributed by atoms with Gasteiger partial charge in [0.25, 0.3) is 5.91 Å². The van der Waals surface area contributed by atoms with Crippen molar-refractivity contribution in [1.82, 2.24) is 24.4 Å². The average Bonchev–Trinajstić information content (AvgIpc) is 3.66. The molecule has 2 aromatic carbocycles. The predicted octanol–water partition coefficient (Wildman–Crippen LogP) is 3.38. The number of likely N-dealkylation sites (N-methyl/N-ethyl adjacent to an activating group) is 1. The van der Waals surface area contributed by atoms with E-state index in [-0.39, 0.29) is 25.3 Å². The van der Waals surface area contributed by atoms with Gasteiger partial charge in [0.15, 0.2) is 5.82 Å². The van der Waals surface area contributed by atoms with E-state index in [1.807, 2.05) is 30.5 Å². The van der Waals surface area contributed by atoms with Crippen LogP contribution in [0, 0.1) is 11.6 Å². The molecule has 2 aliphatic heterocycles. The molecule has 14 heteroatoms. The summed E-state index contributed by atoms with van der Waals surface area (Å²) >= 11 is 0. The Kier molecular flexibility index (Phi) is 7.90. The van der Waals surface area contributed by atoms with Gasteiger partial charge in [-0.1, -0.05) is 0 Å². The molecule has 11 nitrogen and oxygen atoms in total. The molecule has 0 spiro atoms. The maximum absolute atomic E-state index is 13.8. The fourth-order valence-electron chi connectivity index (χ4n) is 5.39. The maximum atomic E-state index is 13.8. The molecule has 4 N–H and O–H groups in total. The number of halogens is 2. The van der Waals surface area contributed by atoms with E-state index < -0.39 is 32.5 Å². The highest BCUT2D eigenvalue weighted by molar-refractivity contribution is 7.89. The molecule has 1 saturated heterocycles. The number of anilines is 3. The first-order valence-corrected chi connectivity index (χ1v) is 15.4. The number of H-pyrrole nitrogens is 2. The predicted molar refractivity (Wildman–Crippen MR) is 158 cm³/mol. The van der Waals surface area contributed by atoms with Crippen molar-refractivity contribution in [2.24, 2.45) is 0 Å². The Bertz CT molecular complexity index is 1710. The minimum absolute atomic E-state index is 0.0869. The minimum Gasteiger partial charge on any atom is -0.379 e. The highest BCUT2D eigenvalue weighted by atomic mass is 32.2. The van der Waals surface area contributed by atoms with E-state index >= 15 is 0 Å². The molecule has 0 aliphatic carbocycles. The second kappa shape index (κ2) is 11.8. The molecule has 0 saturated carbocycles. The number of sulfonamides is 1. The Morgan fingerprint density at radius 2 is 1.79 bits per heavy atom. The molecule has 0 atom stereocenters. The van der Waals surface area contributed by atoms with Crippen LogP contribution >= 0.6 is 0 Å². The van der Waals surface area contributed by atoms with E-state index in [0.717, 1.165) is 54.0 Å². The summed E-state index contributed by atoms with van der Waals surface area (Å²) in [6, 6.07) is 11.7. The summed E-state index contributed by atoms with van der Waals surface area (Å²) in [4.78, 5) is 20.9. The van der Waals surface area contributed by atoms with E-state index in [4.69, 9.17) is 0 Å². The first-order chi connectivity index (χ1) is 20.7. The van der Waals surface area contributed by atoms with Gasteiger partial charge in [-0.2, -0.15) is 9.40 Å². The molecule has 2 aliphatic rings. The SMILES string of the molecule is CN1CCN(c2ccc(C(=O)Nc3n[nH]c4c3CN(S(=O)(=O)c3cc(F)cc(F)c3)CC4)c(NCc3ccc[nH]3)c2)CC1. The molecule has 226 valence electrons. The number of amides is 1. The number of carbonyl (C=O) groups is 1. The Morgan fingerprint density at radius 3 is 2.51 bits per heavy atom. The number of fused-ring (bicyclic) bond motifs is 1. The molecule has 43 heavy (non-hydrogen) atoms. The Balaban J connectivity index is 1.24. The van der Waals surface area contributed by atoms with Crippen LogP contribution in [0.5, 0.6) is 0 Å². The quantitative estimate of drug-likeness (QED) is 0.241. The number of nitrogens with one attached hydrogen (secondary N) is 4. The molecular formula is C29H32F2N8O3S. The fraction of sp³-hybridized carbons (Fsp3) is 0.310. The number of benzene rings is 2. The number of carbonyl (C=O) groups excluding carboxylic acids is 1. The van der Waals surface area contributed by atoms with Crippen LogP contribution in [0.2, 0.25) is 0 Å². The summed E-state index contributed by atoms with van der Waals surface area (Å²) < 4.78 is 55.2. The molecule has 0 unspecified atom stereocenters. The van der Waals surface area contributed by atoms with Crippen molar-refractivity contribution in [3.05, 3.63) is 88.9 Å². The zero-order chi connectivity index (χ0) is 30.1. The normalized spacial score (nSPS) is 16.2. The van der Waals surface area contributed by atoms with Gasteiger partial charge in [-0.05, 0) is 49.5 Å². The van der Waals surface area contributed by atoms with Crippen molar-refractivity contribution in [2.45, 2.75) is 24.4 Å². The molecule has 1 amide bonds. The lowest BCUT2D eigenvalue weighted by Gasteiger charge is -2.34. The van der Waals surface area contributed by atoms with E-state index in [1.165, 1.54) is 0 Å². The number of piperazine rings is 1. The average molecular weight is 611 g/mol. The molecule has 2 aromatic heterocycles. The van der Waals surface area contributed by atoms with Crippen LogP contribution in [0.1, 0.15) is 27.3 Å². The number of nitrogens with zero attached hydrogens (tertiary/aromatic N) is 4. The van der Waals surface area contributed by atoms with Gasteiger partial charge in [0.1, 0.15) is 11.6 Å². The van der Waals surface area contributed by atoms with Crippen molar-refractivity contribution in [1.29, 1.82) is 0 Å². The van der Waals surface area contributed by atoms with Crippen molar-refractivity contribution >= 4 is 33.1 Å². The van der Waals surface area contributed by atoms with Crippen molar-refractivity contribution < 1.29 is 22.0 Å². The Labute approximate surface area is 247 Å². The monoisotopic (exact) mass is 610 g/mol. The Morgan fingerprint density at radius 1 is 1.02 bits per heavy atom. The van der Waals surface area contributed by atoms with Crippen molar-refractivity contribution in [2.75, 3.05) is 55.3 Å². The van der Waals surface area contributed by atoms with Crippen LogP contribution in [0.25, 0.3) is 0 Å². The van der Waals surface area contributed by atoms with Gasteiger partial charge in [-0.3, -0.25) is 9.89 Å². The van der Waals surface area contributed by atoms with E-state index in [0.29, 0.717) is 35.1 Å². The van der Waals surface area contributed by atoms with E-state index in [9.17, 15) is 22.0 Å². The largest absolute Gasteiger partial charge is 0.379 e. The molecule has 4 aromatic rings. The van der Waals surface area contributed by atoms with Crippen LogP contribution in [-0.2, 0) is 29.5 Å². The third kappa shape index (κ3) is 6.12. The van der Waals surface area contributed by atoms with E-state index in [1.54, 1.807) is 6.07 Å². The second-order valence-electron chi connectivity index (χ2n) is 10.7. The molecule has 0 radical (unpaired) electrons. The fourth-order valence-corrected chi connectivity index (χ4v) is 6.84. The number of rotatable bonds is 8. The van der Waals surface area contributed by atoms with Gasteiger partial charge < -0.3 is 25.4 Å². The molecule has 4 heterocycles. The first-order valence-electron chi connectivity index (χ1n) is 13.9. The van der Waals surface area contributed by atoms with E-state index in [2.05, 4.69) is 42.7 Å². The van der Waals surface area contributed by atoms with Gasteiger partial charge in [0.2, 0.25) is 10.0 Å². The molecule has 6 rings (SSSR count). The lowest BCUT2D eigenvalue weighted by Crippen LogP contribution is -2.44. The van der Waals surface area contributed by atoms with Crippen LogP contribution in [-0.4, -0.2) is 78.5 Å². The summed E-state index contributed by atoms with van der Waals surface area (Å²) in [6.45, 7) is 4.08. The summed E-state index contributed by atoms with van der Waals surface area (Å²) in [5.41, 5.74) is 4.18. The van der Waals surface area contributed by atoms with Crippen LogP contribution < -0.4 is 15.5 Å². The highest BCUT2D eigenvalue weighted by Gasteiger charge is 2.32. The smallest absolute Gasteiger partial charge is 0.258 e. The molecule has 1 fully saturated rings. The number of aromatic amines is 2. The standard InChI is InChI=1S/C29H32F2N8O3S/c1-37-9-11-38(12-10-37)22-4-5-24(27(16-22)33-17-21-3-2-7-32-21)29(40)34-28-25-18-39(8-6-26(25)35-36-28)43(41,42)23-14-19(30)13-20(31)15-23/h2-5,7,13-16,32-33H,6,8-12,17-18H2,1H3,(H2,34,35,36,40). The molecule has 0 bridgehead atoms.